The number of aromatic nitrogens is 3. The molecule has 2 rings (SSSR count). The Bertz CT molecular complexity index is 592. The van der Waals surface area contributed by atoms with E-state index in [1.54, 1.807) is 10.9 Å². The van der Waals surface area contributed by atoms with Crippen LogP contribution in [0.15, 0.2) is 41.5 Å². The molecule has 0 aliphatic heterocycles. The van der Waals surface area contributed by atoms with Gasteiger partial charge in [-0.2, -0.15) is 14.9 Å². The topological polar surface area (TPSA) is 46.0 Å². The lowest BCUT2D eigenvalue weighted by Gasteiger charge is -1.91. The summed E-state index contributed by atoms with van der Waals surface area (Å²) in [6, 6.07) is 10.0. The van der Waals surface area contributed by atoms with E-state index in [9.17, 15) is 0 Å². The zero-order chi connectivity index (χ0) is 12.1. The Hall–Kier alpha value is -2.01. The van der Waals surface area contributed by atoms with Crippen molar-refractivity contribution >= 4 is 24.5 Å². The first-order chi connectivity index (χ1) is 8.27. The molecule has 1 heterocycles. The Balaban J connectivity index is 2.09. The van der Waals surface area contributed by atoms with Gasteiger partial charge in [0.2, 0.25) is 4.77 Å². The Labute approximate surface area is 104 Å². The highest BCUT2D eigenvalue weighted by Gasteiger charge is 1.95. The lowest BCUT2D eigenvalue weighted by atomic mass is 10.2. The van der Waals surface area contributed by atoms with Crippen LogP contribution in [0.3, 0.4) is 0 Å². The third-order valence-corrected chi connectivity index (χ3v) is 2.43. The van der Waals surface area contributed by atoms with Crippen molar-refractivity contribution in [3.63, 3.8) is 0 Å². The van der Waals surface area contributed by atoms with Crippen LogP contribution in [0.5, 0.6) is 0 Å². The van der Waals surface area contributed by atoms with Gasteiger partial charge >= 0.3 is 0 Å². The first kappa shape index (κ1) is 11.5. The Morgan fingerprint density at radius 2 is 2.12 bits per heavy atom. The number of H-pyrrole nitrogens is 1. The minimum absolute atomic E-state index is 0.492. The van der Waals surface area contributed by atoms with Crippen LogP contribution >= 0.6 is 12.2 Å². The minimum atomic E-state index is 0.492. The van der Waals surface area contributed by atoms with Crippen LogP contribution in [0, 0.1) is 11.7 Å². The molecule has 0 aliphatic rings. The molecule has 0 unspecified atom stereocenters. The fourth-order valence-corrected chi connectivity index (χ4v) is 1.55. The summed E-state index contributed by atoms with van der Waals surface area (Å²) < 4.78 is 2.07. The Kier molecular flexibility index (Phi) is 3.62. The molecule has 0 fully saturated rings. The lowest BCUT2D eigenvalue weighted by Crippen LogP contribution is -1.91. The van der Waals surface area contributed by atoms with Crippen molar-refractivity contribution in [2.24, 2.45) is 5.10 Å². The molecule has 0 aliphatic carbocycles. The van der Waals surface area contributed by atoms with Gasteiger partial charge in [0, 0.05) is 6.21 Å². The minimum Gasteiger partial charge on any atom is -0.250 e. The SMILES string of the molecule is Cc1n[nH]c(=S)n1/N=C/C=C/c1ccccc1. The van der Waals surface area contributed by atoms with E-state index in [1.807, 2.05) is 49.4 Å². The zero-order valence-electron chi connectivity index (χ0n) is 9.37. The number of benzene rings is 1. The lowest BCUT2D eigenvalue weighted by molar-refractivity contribution is 0.821. The molecule has 0 saturated heterocycles. The van der Waals surface area contributed by atoms with E-state index >= 15 is 0 Å². The van der Waals surface area contributed by atoms with Crippen molar-refractivity contribution in [3.8, 4) is 0 Å². The molecule has 0 amide bonds. The Morgan fingerprint density at radius 3 is 2.76 bits per heavy atom. The number of allylic oxidation sites excluding steroid dienone is 1. The fraction of sp³-hybridized carbons (Fsp3) is 0.0833. The van der Waals surface area contributed by atoms with Gasteiger partial charge in [-0.25, -0.2) is 0 Å². The highest BCUT2D eigenvalue weighted by atomic mass is 32.1. The molecule has 0 atom stereocenters. The second kappa shape index (κ2) is 5.36. The third kappa shape index (κ3) is 2.98. The quantitative estimate of drug-likeness (QED) is 0.666. The van der Waals surface area contributed by atoms with E-state index < -0.39 is 0 Å². The van der Waals surface area contributed by atoms with Gasteiger partial charge in [-0.15, -0.1) is 0 Å². The van der Waals surface area contributed by atoms with Gasteiger partial charge in [-0.05, 0) is 30.8 Å². The van der Waals surface area contributed by atoms with E-state index in [0.29, 0.717) is 4.77 Å². The molecule has 1 aromatic heterocycles. The molecule has 4 nitrogen and oxygen atoms in total. The van der Waals surface area contributed by atoms with Crippen LogP contribution in [0.4, 0.5) is 0 Å². The molecule has 2 aromatic rings. The summed E-state index contributed by atoms with van der Waals surface area (Å²) in [7, 11) is 0. The summed E-state index contributed by atoms with van der Waals surface area (Å²) in [5.41, 5.74) is 1.13. The molecule has 86 valence electrons. The average molecular weight is 244 g/mol. The van der Waals surface area contributed by atoms with Crippen LogP contribution < -0.4 is 0 Å². The maximum atomic E-state index is 5.02. The van der Waals surface area contributed by atoms with Crippen molar-refractivity contribution in [2.75, 3.05) is 0 Å². The standard InChI is InChI=1S/C12H12N4S/c1-10-14-15-12(17)16(10)13-9-5-8-11-6-3-2-4-7-11/h2-9H,1H3,(H,15,17)/b8-5+,13-9+. The number of aromatic amines is 1. The van der Waals surface area contributed by atoms with Crippen molar-refractivity contribution in [3.05, 3.63) is 52.6 Å². The van der Waals surface area contributed by atoms with Gasteiger partial charge in [-0.1, -0.05) is 36.4 Å². The monoisotopic (exact) mass is 244 g/mol. The molecule has 17 heavy (non-hydrogen) atoms. The van der Waals surface area contributed by atoms with Crippen LogP contribution in [0.25, 0.3) is 6.08 Å². The van der Waals surface area contributed by atoms with Gasteiger partial charge in [0.25, 0.3) is 0 Å². The van der Waals surface area contributed by atoms with E-state index in [1.165, 1.54) is 0 Å². The zero-order valence-corrected chi connectivity index (χ0v) is 10.2. The fourth-order valence-electron chi connectivity index (χ4n) is 1.33. The number of nitrogens with one attached hydrogen (secondary N) is 1. The van der Waals surface area contributed by atoms with Gasteiger partial charge in [0.1, 0.15) is 5.82 Å². The third-order valence-electron chi connectivity index (χ3n) is 2.17. The number of hydrogen-bond acceptors (Lipinski definition) is 3. The van der Waals surface area contributed by atoms with Crippen LogP contribution in [0.1, 0.15) is 11.4 Å². The van der Waals surface area contributed by atoms with Crippen molar-refractivity contribution in [1.29, 1.82) is 0 Å². The molecule has 0 bridgehead atoms. The van der Waals surface area contributed by atoms with E-state index in [0.717, 1.165) is 11.4 Å². The van der Waals surface area contributed by atoms with Crippen molar-refractivity contribution in [2.45, 2.75) is 6.92 Å². The average Bonchev–Trinajstić information content (AvgIpc) is 2.67. The molecule has 0 spiro atoms. The predicted molar refractivity (Wildman–Crippen MR) is 71.5 cm³/mol. The van der Waals surface area contributed by atoms with Crippen molar-refractivity contribution in [1.82, 2.24) is 14.9 Å². The molecule has 0 radical (unpaired) electrons. The van der Waals surface area contributed by atoms with E-state index in [2.05, 4.69) is 15.3 Å². The first-order valence-electron chi connectivity index (χ1n) is 5.17. The molecule has 1 N–H and O–H groups in total. The number of nitrogens with zero attached hydrogens (tertiary/aromatic N) is 3. The summed E-state index contributed by atoms with van der Waals surface area (Å²) in [5, 5.41) is 10.8. The van der Waals surface area contributed by atoms with E-state index in [4.69, 9.17) is 12.2 Å². The van der Waals surface area contributed by atoms with Crippen LogP contribution in [0.2, 0.25) is 0 Å². The summed E-state index contributed by atoms with van der Waals surface area (Å²) in [4.78, 5) is 0. The van der Waals surface area contributed by atoms with E-state index in [-0.39, 0.29) is 0 Å². The maximum absolute atomic E-state index is 5.02. The summed E-state index contributed by atoms with van der Waals surface area (Å²) in [6.45, 7) is 1.84. The van der Waals surface area contributed by atoms with Gasteiger partial charge in [0.05, 0.1) is 0 Å². The normalized spacial score (nSPS) is 11.6. The molecular formula is C12H12N4S. The van der Waals surface area contributed by atoms with Crippen LogP contribution in [-0.2, 0) is 0 Å². The van der Waals surface area contributed by atoms with Gasteiger partial charge < -0.3 is 0 Å². The van der Waals surface area contributed by atoms with Gasteiger partial charge in [-0.3, -0.25) is 5.10 Å². The number of hydrogen-bond donors (Lipinski definition) is 1. The summed E-state index contributed by atoms with van der Waals surface area (Å²) in [6.07, 6.45) is 5.53. The van der Waals surface area contributed by atoms with Crippen molar-refractivity contribution < 1.29 is 0 Å². The number of aryl methyl sites for hydroxylation is 1. The van der Waals surface area contributed by atoms with Crippen LogP contribution in [-0.4, -0.2) is 21.1 Å². The van der Waals surface area contributed by atoms with Gasteiger partial charge in [0.15, 0.2) is 0 Å². The second-order valence-electron chi connectivity index (χ2n) is 3.42. The maximum Gasteiger partial charge on any atom is 0.216 e. The Morgan fingerprint density at radius 1 is 1.35 bits per heavy atom. The molecule has 0 saturated carbocycles. The highest BCUT2D eigenvalue weighted by Crippen LogP contribution is 2.00. The second-order valence-corrected chi connectivity index (χ2v) is 3.81. The summed E-state index contributed by atoms with van der Waals surface area (Å²) in [5.74, 6) is 0.736. The predicted octanol–water partition coefficient (Wildman–Crippen LogP) is 2.80. The molecule has 5 heteroatoms. The molecule has 1 aromatic carbocycles. The largest absolute Gasteiger partial charge is 0.250 e. The number of rotatable bonds is 3. The first-order valence-corrected chi connectivity index (χ1v) is 5.58. The highest BCUT2D eigenvalue weighted by molar-refractivity contribution is 7.71. The smallest absolute Gasteiger partial charge is 0.216 e. The molecular weight excluding hydrogens is 232 g/mol. The summed E-state index contributed by atoms with van der Waals surface area (Å²) >= 11 is 5.02.